The van der Waals surface area contributed by atoms with Crippen LogP contribution in [0.2, 0.25) is 5.02 Å². The number of amides is 2. The number of alkyl carbamates (subject to hydrolysis) is 1. The first kappa shape index (κ1) is 19.8. The van der Waals surface area contributed by atoms with Crippen molar-refractivity contribution >= 4 is 23.6 Å². The van der Waals surface area contributed by atoms with Crippen LogP contribution in [0.5, 0.6) is 0 Å². The number of nitrogens with zero attached hydrogens (tertiary/aromatic N) is 1. The van der Waals surface area contributed by atoms with Gasteiger partial charge in [0.15, 0.2) is 0 Å². The first-order chi connectivity index (χ1) is 12.5. The summed E-state index contributed by atoms with van der Waals surface area (Å²) in [5.74, 6) is -0.413. The molecule has 2 aromatic carbocycles. The molecule has 7 heteroatoms. The molecule has 26 heavy (non-hydrogen) atoms. The summed E-state index contributed by atoms with van der Waals surface area (Å²) in [6.45, 7) is 0.111. The van der Waals surface area contributed by atoms with Crippen LogP contribution in [-0.2, 0) is 27.4 Å². The number of likely N-dealkylation sites (N-methyl/N-ethyl adjacent to an activating group) is 1. The fourth-order valence-electron chi connectivity index (χ4n) is 2.30. The van der Waals surface area contributed by atoms with Crippen molar-refractivity contribution in [2.75, 3.05) is 14.2 Å². The molecule has 0 aromatic heterocycles. The maximum absolute atomic E-state index is 12.5. The third kappa shape index (κ3) is 5.75. The molecule has 0 aliphatic rings. The second kappa shape index (κ2) is 9.79. The standard InChI is InChI=1S/C19H21ClN2O4/c1-22(25-2)18(23)17(12-15-10-6-7-11-16(15)20)21-19(24)26-13-14-8-4-3-5-9-14/h3-11,17H,12-13H2,1-2H3,(H,21,24)/t17-/m1/s1. The van der Waals surface area contributed by atoms with Crippen molar-refractivity contribution in [3.63, 3.8) is 0 Å². The number of ether oxygens (including phenoxy) is 1. The highest BCUT2D eigenvalue weighted by Crippen LogP contribution is 2.17. The molecular formula is C19H21ClN2O4. The Bertz CT molecular complexity index is 739. The van der Waals surface area contributed by atoms with Gasteiger partial charge in [-0.05, 0) is 17.2 Å². The van der Waals surface area contributed by atoms with Crippen molar-refractivity contribution in [2.45, 2.75) is 19.1 Å². The average molecular weight is 377 g/mol. The minimum Gasteiger partial charge on any atom is -0.445 e. The lowest BCUT2D eigenvalue weighted by molar-refractivity contribution is -0.170. The van der Waals surface area contributed by atoms with Gasteiger partial charge < -0.3 is 10.1 Å². The van der Waals surface area contributed by atoms with Crippen LogP contribution in [0, 0.1) is 0 Å². The summed E-state index contributed by atoms with van der Waals surface area (Å²) in [6, 6.07) is 15.5. The van der Waals surface area contributed by atoms with Crippen LogP contribution in [0.3, 0.4) is 0 Å². The smallest absolute Gasteiger partial charge is 0.408 e. The van der Waals surface area contributed by atoms with E-state index >= 15 is 0 Å². The van der Waals surface area contributed by atoms with Gasteiger partial charge in [0.2, 0.25) is 0 Å². The lowest BCUT2D eigenvalue weighted by Gasteiger charge is -2.23. The normalized spacial score (nSPS) is 11.5. The minimum absolute atomic E-state index is 0.111. The molecule has 0 heterocycles. The molecule has 0 saturated carbocycles. The Kier molecular flexibility index (Phi) is 7.44. The largest absolute Gasteiger partial charge is 0.445 e. The van der Waals surface area contributed by atoms with Gasteiger partial charge in [-0.15, -0.1) is 0 Å². The second-order valence-electron chi connectivity index (χ2n) is 5.57. The maximum Gasteiger partial charge on any atom is 0.408 e. The summed E-state index contributed by atoms with van der Waals surface area (Å²) in [5, 5.41) is 4.16. The first-order valence-electron chi connectivity index (χ1n) is 8.03. The van der Waals surface area contributed by atoms with E-state index < -0.39 is 18.0 Å². The topological polar surface area (TPSA) is 67.9 Å². The molecule has 6 nitrogen and oxygen atoms in total. The summed E-state index contributed by atoms with van der Waals surface area (Å²) >= 11 is 6.16. The zero-order valence-electron chi connectivity index (χ0n) is 14.6. The predicted molar refractivity (Wildman–Crippen MR) is 98.5 cm³/mol. The molecule has 0 bridgehead atoms. The Hall–Kier alpha value is -2.57. The van der Waals surface area contributed by atoms with Crippen molar-refractivity contribution in [3.8, 4) is 0 Å². The van der Waals surface area contributed by atoms with E-state index in [9.17, 15) is 9.59 Å². The first-order valence-corrected chi connectivity index (χ1v) is 8.41. The SMILES string of the molecule is CON(C)C(=O)[C@@H](Cc1ccccc1Cl)NC(=O)OCc1ccccc1. The van der Waals surface area contributed by atoms with Crippen LogP contribution >= 0.6 is 11.6 Å². The molecule has 2 amide bonds. The molecule has 2 rings (SSSR count). The summed E-state index contributed by atoms with van der Waals surface area (Å²) in [5.41, 5.74) is 1.59. The van der Waals surface area contributed by atoms with E-state index in [0.29, 0.717) is 5.02 Å². The molecule has 0 radical (unpaired) electrons. The molecule has 2 aromatic rings. The molecule has 0 spiro atoms. The number of carbonyl (C=O) groups is 2. The van der Waals surface area contributed by atoms with Crippen molar-refractivity contribution in [2.24, 2.45) is 0 Å². The number of benzene rings is 2. The Balaban J connectivity index is 2.04. The van der Waals surface area contributed by atoms with E-state index in [0.717, 1.165) is 16.2 Å². The number of hydroxylamine groups is 2. The van der Waals surface area contributed by atoms with E-state index in [1.807, 2.05) is 36.4 Å². The number of halogens is 1. The number of rotatable bonds is 7. The fourth-order valence-corrected chi connectivity index (χ4v) is 2.51. The number of carbonyl (C=O) groups excluding carboxylic acids is 2. The minimum atomic E-state index is -0.872. The molecule has 0 aliphatic carbocycles. The monoisotopic (exact) mass is 376 g/mol. The third-order valence-electron chi connectivity index (χ3n) is 3.77. The van der Waals surface area contributed by atoms with E-state index in [4.69, 9.17) is 21.2 Å². The van der Waals surface area contributed by atoms with Crippen LogP contribution in [0.15, 0.2) is 54.6 Å². The highest BCUT2D eigenvalue weighted by molar-refractivity contribution is 6.31. The summed E-state index contributed by atoms with van der Waals surface area (Å²) in [4.78, 5) is 29.6. The lowest BCUT2D eigenvalue weighted by atomic mass is 10.1. The molecule has 1 atom stereocenters. The van der Waals surface area contributed by atoms with E-state index in [-0.39, 0.29) is 13.0 Å². The molecule has 0 fully saturated rings. The summed E-state index contributed by atoms with van der Waals surface area (Å²) in [6.07, 6.45) is -0.476. The zero-order valence-corrected chi connectivity index (χ0v) is 15.4. The highest BCUT2D eigenvalue weighted by Gasteiger charge is 2.26. The third-order valence-corrected chi connectivity index (χ3v) is 4.14. The van der Waals surface area contributed by atoms with E-state index in [2.05, 4.69) is 5.32 Å². The predicted octanol–water partition coefficient (Wildman–Crippen LogP) is 3.20. The van der Waals surface area contributed by atoms with Crippen molar-refractivity contribution < 1.29 is 19.2 Å². The van der Waals surface area contributed by atoms with Gasteiger partial charge in [-0.25, -0.2) is 9.86 Å². The molecule has 1 N–H and O–H groups in total. The van der Waals surface area contributed by atoms with Crippen LogP contribution in [0.1, 0.15) is 11.1 Å². The fraction of sp³-hybridized carbons (Fsp3) is 0.263. The van der Waals surface area contributed by atoms with Gasteiger partial charge in [0.25, 0.3) is 5.91 Å². The van der Waals surface area contributed by atoms with E-state index in [1.54, 1.807) is 18.2 Å². The Labute approximate surface area is 157 Å². The Morgan fingerprint density at radius 1 is 1.12 bits per heavy atom. The molecule has 0 saturated heterocycles. The number of nitrogens with one attached hydrogen (secondary N) is 1. The van der Waals surface area contributed by atoms with Gasteiger partial charge in [-0.1, -0.05) is 60.1 Å². The van der Waals surface area contributed by atoms with Crippen molar-refractivity contribution in [1.82, 2.24) is 10.4 Å². The van der Waals surface area contributed by atoms with Crippen molar-refractivity contribution in [3.05, 3.63) is 70.7 Å². The van der Waals surface area contributed by atoms with Crippen molar-refractivity contribution in [1.29, 1.82) is 0 Å². The Morgan fingerprint density at radius 2 is 1.77 bits per heavy atom. The van der Waals surface area contributed by atoms with Gasteiger partial charge in [-0.3, -0.25) is 9.63 Å². The van der Waals surface area contributed by atoms with Gasteiger partial charge in [0.05, 0.1) is 7.11 Å². The molecular weight excluding hydrogens is 356 g/mol. The van der Waals surface area contributed by atoms with Crippen LogP contribution in [-0.4, -0.2) is 37.3 Å². The van der Waals surface area contributed by atoms with Crippen LogP contribution in [0.4, 0.5) is 4.79 Å². The summed E-state index contributed by atoms with van der Waals surface area (Å²) < 4.78 is 5.20. The van der Waals surface area contributed by atoms with Crippen LogP contribution in [0.25, 0.3) is 0 Å². The second-order valence-corrected chi connectivity index (χ2v) is 5.98. The molecule has 0 aliphatic heterocycles. The zero-order chi connectivity index (χ0) is 18.9. The molecule has 138 valence electrons. The lowest BCUT2D eigenvalue weighted by Crippen LogP contribution is -2.48. The van der Waals surface area contributed by atoms with Crippen LogP contribution < -0.4 is 5.32 Å². The number of hydrogen-bond donors (Lipinski definition) is 1. The summed E-state index contributed by atoms with van der Waals surface area (Å²) in [7, 11) is 2.84. The van der Waals surface area contributed by atoms with E-state index in [1.165, 1.54) is 14.2 Å². The Morgan fingerprint density at radius 3 is 2.42 bits per heavy atom. The van der Waals surface area contributed by atoms with Gasteiger partial charge in [0, 0.05) is 18.5 Å². The maximum atomic E-state index is 12.5. The van der Waals surface area contributed by atoms with Gasteiger partial charge >= 0.3 is 6.09 Å². The number of hydrogen-bond acceptors (Lipinski definition) is 4. The molecule has 0 unspecified atom stereocenters. The average Bonchev–Trinajstić information content (AvgIpc) is 2.67. The van der Waals surface area contributed by atoms with Gasteiger partial charge in [0.1, 0.15) is 12.6 Å². The quantitative estimate of drug-likeness (QED) is 0.753. The van der Waals surface area contributed by atoms with Gasteiger partial charge in [-0.2, -0.15) is 0 Å². The highest BCUT2D eigenvalue weighted by atomic mass is 35.5.